The van der Waals surface area contributed by atoms with Gasteiger partial charge < -0.3 is 9.52 Å². The highest BCUT2D eigenvalue weighted by Gasteiger charge is 2.20. The molecule has 1 aromatic carbocycles. The molecule has 3 heteroatoms. The van der Waals surface area contributed by atoms with Crippen LogP contribution < -0.4 is 0 Å². The maximum absolute atomic E-state index is 9.68. The normalized spacial score (nSPS) is 11.7. The third-order valence-corrected chi connectivity index (χ3v) is 2.41. The maximum Gasteiger partial charge on any atom is 0.229 e. The number of oxazole rings is 1. The number of aromatic nitrogens is 1. The summed E-state index contributed by atoms with van der Waals surface area (Å²) in [5.41, 5.74) is 1.45. The van der Waals surface area contributed by atoms with Crippen LogP contribution in [0, 0.1) is 0 Å². The van der Waals surface area contributed by atoms with Gasteiger partial charge in [0.25, 0.3) is 0 Å². The van der Waals surface area contributed by atoms with Gasteiger partial charge in [0, 0.05) is 5.41 Å². The van der Waals surface area contributed by atoms with Crippen molar-refractivity contribution in [3.63, 3.8) is 0 Å². The Morgan fingerprint density at radius 2 is 1.88 bits per heavy atom. The van der Waals surface area contributed by atoms with Crippen molar-refractivity contribution < 1.29 is 9.52 Å². The molecule has 0 bridgehead atoms. The molecule has 0 radical (unpaired) electrons. The minimum atomic E-state index is -0.0495. The fourth-order valence-electron chi connectivity index (χ4n) is 1.40. The van der Waals surface area contributed by atoms with Gasteiger partial charge in [-0.05, 0) is 12.1 Å². The van der Waals surface area contributed by atoms with Gasteiger partial charge in [-0.15, -0.1) is 0 Å². The Morgan fingerprint density at radius 1 is 1.19 bits per heavy atom. The molecular formula is C13H15NO2. The summed E-state index contributed by atoms with van der Waals surface area (Å²) in [6, 6.07) is 7.02. The summed E-state index contributed by atoms with van der Waals surface area (Å²) in [5.74, 6) is 0.646. The van der Waals surface area contributed by atoms with Crippen LogP contribution in [-0.2, 0) is 5.41 Å². The second kappa shape index (κ2) is 3.67. The summed E-state index contributed by atoms with van der Waals surface area (Å²) in [5, 5.41) is 9.68. The van der Waals surface area contributed by atoms with Crippen molar-refractivity contribution in [1.82, 2.24) is 4.98 Å². The molecule has 0 unspecified atom stereocenters. The molecule has 0 amide bonds. The third-order valence-electron chi connectivity index (χ3n) is 2.41. The van der Waals surface area contributed by atoms with E-state index >= 15 is 0 Å². The monoisotopic (exact) mass is 217 g/mol. The van der Waals surface area contributed by atoms with Crippen LogP contribution in [0.4, 0.5) is 0 Å². The number of phenols is 1. The zero-order valence-electron chi connectivity index (χ0n) is 9.69. The smallest absolute Gasteiger partial charge is 0.229 e. The Balaban J connectivity index is 2.44. The first-order chi connectivity index (χ1) is 7.48. The summed E-state index contributed by atoms with van der Waals surface area (Å²) in [4.78, 5) is 4.39. The SMILES string of the molecule is CC(C)(C)c1coc(-c2ccccc2O)n1. The largest absolute Gasteiger partial charge is 0.507 e. The van der Waals surface area contributed by atoms with E-state index in [4.69, 9.17) is 4.42 Å². The minimum absolute atomic E-state index is 0.0495. The van der Waals surface area contributed by atoms with Gasteiger partial charge in [0.2, 0.25) is 5.89 Å². The van der Waals surface area contributed by atoms with E-state index in [1.54, 1.807) is 24.5 Å². The predicted molar refractivity (Wildman–Crippen MR) is 62.3 cm³/mol. The highest BCUT2D eigenvalue weighted by Crippen LogP contribution is 2.30. The number of hydrogen-bond acceptors (Lipinski definition) is 3. The number of hydrogen-bond donors (Lipinski definition) is 1. The lowest BCUT2D eigenvalue weighted by Gasteiger charge is -2.12. The molecule has 2 aromatic rings. The molecule has 1 N–H and O–H groups in total. The van der Waals surface area contributed by atoms with Crippen molar-refractivity contribution in [1.29, 1.82) is 0 Å². The Labute approximate surface area is 94.8 Å². The minimum Gasteiger partial charge on any atom is -0.507 e. The van der Waals surface area contributed by atoms with Gasteiger partial charge in [0.1, 0.15) is 12.0 Å². The lowest BCUT2D eigenvalue weighted by atomic mass is 9.93. The molecule has 0 atom stereocenters. The van der Waals surface area contributed by atoms with Crippen molar-refractivity contribution in [3.05, 3.63) is 36.2 Å². The van der Waals surface area contributed by atoms with E-state index in [9.17, 15) is 5.11 Å². The van der Waals surface area contributed by atoms with Gasteiger partial charge in [-0.25, -0.2) is 4.98 Å². The van der Waals surface area contributed by atoms with Crippen LogP contribution in [0.2, 0.25) is 0 Å². The van der Waals surface area contributed by atoms with E-state index in [0.717, 1.165) is 5.69 Å². The third kappa shape index (κ3) is 1.94. The van der Waals surface area contributed by atoms with Crippen LogP contribution >= 0.6 is 0 Å². The Kier molecular flexibility index (Phi) is 2.46. The molecule has 84 valence electrons. The summed E-state index contributed by atoms with van der Waals surface area (Å²) in [7, 11) is 0. The fraction of sp³-hybridized carbons (Fsp3) is 0.308. The molecule has 0 aliphatic heterocycles. The van der Waals surface area contributed by atoms with E-state index in [-0.39, 0.29) is 11.2 Å². The molecule has 0 saturated carbocycles. The summed E-state index contributed by atoms with van der Waals surface area (Å²) >= 11 is 0. The quantitative estimate of drug-likeness (QED) is 0.796. The highest BCUT2D eigenvalue weighted by atomic mass is 16.3. The molecule has 0 aliphatic carbocycles. The number of rotatable bonds is 1. The van der Waals surface area contributed by atoms with E-state index in [2.05, 4.69) is 25.8 Å². The Hall–Kier alpha value is -1.77. The van der Waals surface area contributed by atoms with Crippen LogP contribution in [0.5, 0.6) is 5.75 Å². The standard InChI is InChI=1S/C13H15NO2/c1-13(2,3)11-8-16-12(14-11)9-6-4-5-7-10(9)15/h4-8,15H,1-3H3. The van der Waals surface area contributed by atoms with Crippen molar-refractivity contribution >= 4 is 0 Å². The molecule has 16 heavy (non-hydrogen) atoms. The summed E-state index contributed by atoms with van der Waals surface area (Å²) in [6.07, 6.45) is 1.64. The van der Waals surface area contributed by atoms with E-state index in [1.807, 2.05) is 6.07 Å². The molecule has 0 saturated heterocycles. The molecule has 2 rings (SSSR count). The Bertz CT molecular complexity index is 495. The van der Waals surface area contributed by atoms with Gasteiger partial charge in [-0.3, -0.25) is 0 Å². The average molecular weight is 217 g/mol. The second-order valence-corrected chi connectivity index (χ2v) is 4.81. The molecule has 0 fully saturated rings. The van der Waals surface area contributed by atoms with Gasteiger partial charge >= 0.3 is 0 Å². The van der Waals surface area contributed by atoms with Crippen LogP contribution in [0.25, 0.3) is 11.5 Å². The molecule has 1 heterocycles. The summed E-state index contributed by atoms with van der Waals surface area (Å²) < 4.78 is 5.39. The predicted octanol–water partition coefficient (Wildman–Crippen LogP) is 3.34. The van der Waals surface area contributed by atoms with Crippen molar-refractivity contribution in [2.24, 2.45) is 0 Å². The number of nitrogens with zero attached hydrogens (tertiary/aromatic N) is 1. The van der Waals surface area contributed by atoms with Crippen LogP contribution in [-0.4, -0.2) is 10.1 Å². The average Bonchev–Trinajstić information content (AvgIpc) is 2.66. The molecule has 0 aliphatic rings. The van der Waals surface area contributed by atoms with E-state index < -0.39 is 0 Å². The molecule has 1 aromatic heterocycles. The summed E-state index contributed by atoms with van der Waals surface area (Å²) in [6.45, 7) is 6.21. The first-order valence-electron chi connectivity index (χ1n) is 5.23. The fourth-order valence-corrected chi connectivity index (χ4v) is 1.40. The first-order valence-corrected chi connectivity index (χ1v) is 5.23. The molecule has 0 spiro atoms. The second-order valence-electron chi connectivity index (χ2n) is 4.81. The number of phenolic OH excluding ortho intramolecular Hbond substituents is 1. The topological polar surface area (TPSA) is 46.3 Å². The maximum atomic E-state index is 9.68. The molecule has 3 nitrogen and oxygen atoms in total. The van der Waals surface area contributed by atoms with Gasteiger partial charge in [-0.2, -0.15) is 0 Å². The van der Waals surface area contributed by atoms with Gasteiger partial charge in [0.15, 0.2) is 0 Å². The number of aromatic hydroxyl groups is 1. The highest BCUT2D eigenvalue weighted by molar-refractivity contribution is 5.62. The van der Waals surface area contributed by atoms with E-state index in [1.165, 1.54) is 0 Å². The van der Waals surface area contributed by atoms with Crippen LogP contribution in [0.15, 0.2) is 34.9 Å². The van der Waals surface area contributed by atoms with Gasteiger partial charge in [-0.1, -0.05) is 32.9 Å². The number of benzene rings is 1. The zero-order valence-corrected chi connectivity index (χ0v) is 9.69. The van der Waals surface area contributed by atoms with Crippen molar-refractivity contribution in [2.45, 2.75) is 26.2 Å². The van der Waals surface area contributed by atoms with Crippen molar-refractivity contribution in [2.75, 3.05) is 0 Å². The lowest BCUT2D eigenvalue weighted by molar-refractivity contribution is 0.473. The van der Waals surface area contributed by atoms with Crippen LogP contribution in [0.3, 0.4) is 0 Å². The van der Waals surface area contributed by atoms with Crippen molar-refractivity contribution in [3.8, 4) is 17.2 Å². The Morgan fingerprint density at radius 3 is 2.44 bits per heavy atom. The van der Waals surface area contributed by atoms with E-state index in [0.29, 0.717) is 11.5 Å². The first kappa shape index (κ1) is 10.7. The molecular weight excluding hydrogens is 202 g/mol. The van der Waals surface area contributed by atoms with Gasteiger partial charge in [0.05, 0.1) is 11.3 Å². The zero-order chi connectivity index (χ0) is 11.8. The number of para-hydroxylation sites is 1. The van der Waals surface area contributed by atoms with Crippen LogP contribution in [0.1, 0.15) is 26.5 Å². The lowest BCUT2D eigenvalue weighted by Crippen LogP contribution is -2.11.